The lowest BCUT2D eigenvalue weighted by Crippen LogP contribution is -2.55. The van der Waals surface area contributed by atoms with Gasteiger partial charge in [0.1, 0.15) is 0 Å². The molecule has 22 heavy (non-hydrogen) atoms. The number of amides is 1. The maximum Gasteiger partial charge on any atom is 0.222 e. The standard InChI is InChI=1S/C17H33N3O2/c1-13(16-5-4-6-18-10-16)9-17(22)20-8-7-19(12-15(3)21)14(2)11-20/h13-16,18,21H,4-12H2,1-3H3. The second kappa shape index (κ2) is 8.27. The van der Waals surface area contributed by atoms with Gasteiger partial charge in [-0.1, -0.05) is 6.92 Å². The lowest BCUT2D eigenvalue weighted by Gasteiger charge is -2.41. The number of rotatable bonds is 5. The third-order valence-corrected chi connectivity index (χ3v) is 5.25. The Bertz CT molecular complexity index is 356. The third kappa shape index (κ3) is 4.93. The van der Waals surface area contributed by atoms with Crippen molar-refractivity contribution in [1.29, 1.82) is 0 Å². The van der Waals surface area contributed by atoms with E-state index < -0.39 is 0 Å². The number of piperidine rings is 1. The molecule has 0 aliphatic carbocycles. The number of nitrogens with one attached hydrogen (secondary N) is 1. The van der Waals surface area contributed by atoms with E-state index in [1.807, 2.05) is 11.8 Å². The van der Waals surface area contributed by atoms with Crippen molar-refractivity contribution < 1.29 is 9.90 Å². The van der Waals surface area contributed by atoms with E-state index in [1.54, 1.807) is 0 Å². The number of carbonyl (C=O) groups is 1. The minimum Gasteiger partial charge on any atom is -0.392 e. The van der Waals surface area contributed by atoms with Gasteiger partial charge in [-0.15, -0.1) is 0 Å². The van der Waals surface area contributed by atoms with Crippen LogP contribution < -0.4 is 5.32 Å². The van der Waals surface area contributed by atoms with Crippen LogP contribution in [0.1, 0.15) is 40.0 Å². The van der Waals surface area contributed by atoms with Crippen LogP contribution in [0, 0.1) is 11.8 Å². The predicted octanol–water partition coefficient (Wildman–Crippen LogP) is 0.926. The van der Waals surface area contributed by atoms with Gasteiger partial charge in [-0.05, 0) is 51.6 Å². The van der Waals surface area contributed by atoms with Gasteiger partial charge in [0.25, 0.3) is 0 Å². The van der Waals surface area contributed by atoms with E-state index in [-0.39, 0.29) is 6.10 Å². The van der Waals surface area contributed by atoms with Gasteiger partial charge in [0.15, 0.2) is 0 Å². The molecule has 2 saturated heterocycles. The molecule has 0 bridgehead atoms. The number of aliphatic hydroxyl groups is 1. The molecule has 0 aromatic carbocycles. The molecular weight excluding hydrogens is 278 g/mol. The summed E-state index contributed by atoms with van der Waals surface area (Å²) in [7, 11) is 0. The van der Waals surface area contributed by atoms with Crippen molar-refractivity contribution in [2.75, 3.05) is 39.3 Å². The van der Waals surface area contributed by atoms with E-state index in [0.29, 0.717) is 36.8 Å². The summed E-state index contributed by atoms with van der Waals surface area (Å²) in [6.07, 6.45) is 2.86. The van der Waals surface area contributed by atoms with E-state index in [1.165, 1.54) is 12.8 Å². The van der Waals surface area contributed by atoms with Gasteiger partial charge in [0.2, 0.25) is 5.91 Å². The van der Waals surface area contributed by atoms with Crippen LogP contribution in [0.2, 0.25) is 0 Å². The summed E-state index contributed by atoms with van der Waals surface area (Å²) < 4.78 is 0. The molecule has 0 saturated carbocycles. The molecule has 2 N–H and O–H groups in total. The van der Waals surface area contributed by atoms with Crippen LogP contribution in [0.15, 0.2) is 0 Å². The number of hydrogen-bond donors (Lipinski definition) is 2. The highest BCUT2D eigenvalue weighted by molar-refractivity contribution is 5.76. The van der Waals surface area contributed by atoms with Crippen LogP contribution in [0.25, 0.3) is 0 Å². The zero-order valence-electron chi connectivity index (χ0n) is 14.4. The number of aliphatic hydroxyl groups excluding tert-OH is 1. The van der Waals surface area contributed by atoms with Gasteiger partial charge >= 0.3 is 0 Å². The summed E-state index contributed by atoms with van der Waals surface area (Å²) >= 11 is 0. The number of hydrogen-bond acceptors (Lipinski definition) is 4. The van der Waals surface area contributed by atoms with Crippen LogP contribution in [0.5, 0.6) is 0 Å². The van der Waals surface area contributed by atoms with E-state index in [4.69, 9.17) is 0 Å². The molecule has 0 radical (unpaired) electrons. The summed E-state index contributed by atoms with van der Waals surface area (Å²) in [5, 5.41) is 13.0. The molecule has 2 aliphatic rings. The van der Waals surface area contributed by atoms with Crippen molar-refractivity contribution in [3.63, 3.8) is 0 Å². The molecule has 5 heteroatoms. The maximum atomic E-state index is 12.6. The average Bonchev–Trinajstić information content (AvgIpc) is 2.49. The maximum absolute atomic E-state index is 12.6. The normalized spacial score (nSPS) is 30.1. The van der Waals surface area contributed by atoms with Crippen LogP contribution in [0.4, 0.5) is 0 Å². The highest BCUT2D eigenvalue weighted by Crippen LogP contribution is 2.24. The molecule has 128 valence electrons. The average molecular weight is 311 g/mol. The summed E-state index contributed by atoms with van der Waals surface area (Å²) in [6, 6.07) is 0.332. The highest BCUT2D eigenvalue weighted by atomic mass is 16.3. The molecule has 0 aromatic rings. The molecule has 0 aromatic heterocycles. The van der Waals surface area contributed by atoms with Crippen LogP contribution in [-0.2, 0) is 4.79 Å². The van der Waals surface area contributed by atoms with Crippen molar-refractivity contribution in [3.05, 3.63) is 0 Å². The lowest BCUT2D eigenvalue weighted by atomic mass is 9.85. The third-order valence-electron chi connectivity index (χ3n) is 5.25. The van der Waals surface area contributed by atoms with Crippen molar-refractivity contribution in [1.82, 2.24) is 15.1 Å². The minimum absolute atomic E-state index is 0.302. The van der Waals surface area contributed by atoms with E-state index in [0.717, 1.165) is 32.7 Å². The zero-order chi connectivity index (χ0) is 16.1. The van der Waals surface area contributed by atoms with E-state index in [9.17, 15) is 9.90 Å². The SMILES string of the molecule is CC(O)CN1CCN(C(=O)CC(C)C2CCCNC2)CC1C. The van der Waals surface area contributed by atoms with Gasteiger partial charge in [-0.25, -0.2) is 0 Å². The quantitative estimate of drug-likeness (QED) is 0.793. The molecule has 2 aliphatic heterocycles. The van der Waals surface area contributed by atoms with Crippen molar-refractivity contribution in [3.8, 4) is 0 Å². The molecule has 0 spiro atoms. The van der Waals surface area contributed by atoms with E-state index in [2.05, 4.69) is 24.1 Å². The fourth-order valence-corrected chi connectivity index (χ4v) is 3.77. The lowest BCUT2D eigenvalue weighted by molar-refractivity contribution is -0.135. The first-order valence-corrected chi connectivity index (χ1v) is 8.88. The predicted molar refractivity (Wildman–Crippen MR) is 88.7 cm³/mol. The Hall–Kier alpha value is -0.650. The van der Waals surface area contributed by atoms with Gasteiger partial charge in [0, 0.05) is 38.6 Å². The molecule has 4 unspecified atom stereocenters. The minimum atomic E-state index is -0.302. The largest absolute Gasteiger partial charge is 0.392 e. The molecule has 2 heterocycles. The summed E-state index contributed by atoms with van der Waals surface area (Å²) in [5.41, 5.74) is 0. The van der Waals surface area contributed by atoms with Crippen LogP contribution in [0.3, 0.4) is 0 Å². The smallest absolute Gasteiger partial charge is 0.222 e. The summed E-state index contributed by atoms with van der Waals surface area (Å²) in [5.74, 6) is 1.42. The first-order valence-electron chi connectivity index (χ1n) is 8.88. The topological polar surface area (TPSA) is 55.8 Å². The fourth-order valence-electron chi connectivity index (χ4n) is 3.77. The highest BCUT2D eigenvalue weighted by Gasteiger charge is 2.29. The first kappa shape index (κ1) is 17.7. The molecule has 2 fully saturated rings. The monoisotopic (exact) mass is 311 g/mol. The van der Waals surface area contributed by atoms with Crippen LogP contribution >= 0.6 is 0 Å². The Kier molecular flexibility index (Phi) is 6.66. The van der Waals surface area contributed by atoms with Crippen molar-refractivity contribution in [2.24, 2.45) is 11.8 Å². The molecular formula is C17H33N3O2. The van der Waals surface area contributed by atoms with Crippen molar-refractivity contribution >= 4 is 5.91 Å². The van der Waals surface area contributed by atoms with Gasteiger partial charge in [-0.3, -0.25) is 9.69 Å². The Morgan fingerprint density at radius 2 is 2.14 bits per heavy atom. The molecule has 2 rings (SSSR count). The Morgan fingerprint density at radius 3 is 2.73 bits per heavy atom. The fraction of sp³-hybridized carbons (Fsp3) is 0.941. The van der Waals surface area contributed by atoms with E-state index >= 15 is 0 Å². The second-order valence-corrected chi connectivity index (χ2v) is 7.32. The molecule has 4 atom stereocenters. The van der Waals surface area contributed by atoms with Crippen molar-refractivity contribution in [2.45, 2.75) is 52.2 Å². The molecule has 1 amide bonds. The number of nitrogens with zero attached hydrogens (tertiary/aromatic N) is 2. The van der Waals surface area contributed by atoms with Gasteiger partial charge in [-0.2, -0.15) is 0 Å². The number of piperazine rings is 1. The zero-order valence-corrected chi connectivity index (χ0v) is 14.4. The Balaban J connectivity index is 1.78. The Morgan fingerprint density at radius 1 is 1.36 bits per heavy atom. The van der Waals surface area contributed by atoms with Crippen LogP contribution in [-0.4, -0.2) is 72.2 Å². The second-order valence-electron chi connectivity index (χ2n) is 7.32. The van der Waals surface area contributed by atoms with Gasteiger partial charge in [0.05, 0.1) is 6.10 Å². The Labute approximate surface area is 135 Å². The number of β-amino-alcohol motifs (C(OH)–C–C–N with tert-alkyl or cyclic N) is 1. The molecule has 5 nitrogen and oxygen atoms in total. The number of carbonyl (C=O) groups excluding carboxylic acids is 1. The summed E-state index contributed by atoms with van der Waals surface area (Å²) in [6.45, 7) is 11.5. The first-order chi connectivity index (χ1) is 10.5. The summed E-state index contributed by atoms with van der Waals surface area (Å²) in [4.78, 5) is 16.9. The van der Waals surface area contributed by atoms with Gasteiger partial charge < -0.3 is 15.3 Å².